The zero-order valence-corrected chi connectivity index (χ0v) is 11.4. The zero-order valence-electron chi connectivity index (χ0n) is 11.4. The Bertz CT molecular complexity index is 614. The van der Waals surface area contributed by atoms with Gasteiger partial charge in [-0.05, 0) is 30.2 Å². The Morgan fingerprint density at radius 1 is 1.24 bits per heavy atom. The van der Waals surface area contributed by atoms with E-state index in [0.717, 1.165) is 6.07 Å². The van der Waals surface area contributed by atoms with E-state index in [-0.39, 0.29) is 5.56 Å². The van der Waals surface area contributed by atoms with Crippen LogP contribution in [0.4, 0.5) is 13.2 Å². The van der Waals surface area contributed by atoms with E-state index < -0.39 is 17.8 Å². The minimum atomic E-state index is -4.45. The predicted molar refractivity (Wildman–Crippen MR) is 72.9 cm³/mol. The SMILES string of the molecule is CCOc1cncc(C(N)c2ccccc2C(F)(F)F)c1. The maximum Gasteiger partial charge on any atom is 0.416 e. The molecule has 0 aliphatic carbocycles. The molecule has 0 radical (unpaired) electrons. The van der Waals surface area contributed by atoms with Crippen molar-refractivity contribution in [2.45, 2.75) is 19.1 Å². The summed E-state index contributed by atoms with van der Waals surface area (Å²) in [5.41, 5.74) is 5.73. The number of ether oxygens (including phenoxy) is 1. The average Bonchev–Trinajstić information content (AvgIpc) is 2.46. The number of nitrogens with zero attached hydrogens (tertiary/aromatic N) is 1. The third-order valence-electron chi connectivity index (χ3n) is 3.01. The van der Waals surface area contributed by atoms with Gasteiger partial charge < -0.3 is 10.5 Å². The minimum absolute atomic E-state index is 0.0143. The molecule has 0 fully saturated rings. The Balaban J connectivity index is 2.41. The van der Waals surface area contributed by atoms with Gasteiger partial charge in [-0.1, -0.05) is 18.2 Å². The molecule has 112 valence electrons. The van der Waals surface area contributed by atoms with Crippen LogP contribution in [0.3, 0.4) is 0 Å². The van der Waals surface area contributed by atoms with E-state index in [1.807, 2.05) is 6.92 Å². The summed E-state index contributed by atoms with van der Waals surface area (Å²) < 4.78 is 44.4. The molecule has 0 bridgehead atoms. The predicted octanol–water partition coefficient (Wildman–Crippen LogP) is 3.55. The van der Waals surface area contributed by atoms with Gasteiger partial charge in [0.2, 0.25) is 0 Å². The molecule has 0 spiro atoms. The molecule has 6 heteroatoms. The van der Waals surface area contributed by atoms with Crippen LogP contribution in [0, 0.1) is 0 Å². The van der Waals surface area contributed by atoms with Crippen molar-refractivity contribution in [3.63, 3.8) is 0 Å². The van der Waals surface area contributed by atoms with Crippen molar-refractivity contribution in [1.29, 1.82) is 0 Å². The second-order valence-corrected chi connectivity index (χ2v) is 4.45. The standard InChI is InChI=1S/C15H15F3N2O/c1-2-21-11-7-10(8-20-9-11)14(19)12-5-3-4-6-13(12)15(16,17)18/h3-9,14H,2,19H2,1H3. The van der Waals surface area contributed by atoms with Crippen molar-refractivity contribution in [3.05, 3.63) is 59.4 Å². The number of alkyl halides is 3. The minimum Gasteiger partial charge on any atom is -0.492 e. The van der Waals surface area contributed by atoms with Crippen LogP contribution in [0.25, 0.3) is 0 Å². The van der Waals surface area contributed by atoms with Gasteiger partial charge in [0.15, 0.2) is 0 Å². The van der Waals surface area contributed by atoms with Crippen LogP contribution in [0.15, 0.2) is 42.7 Å². The van der Waals surface area contributed by atoms with Gasteiger partial charge >= 0.3 is 6.18 Å². The molecule has 1 atom stereocenters. The first-order valence-electron chi connectivity index (χ1n) is 6.43. The van der Waals surface area contributed by atoms with Crippen molar-refractivity contribution in [2.75, 3.05) is 6.61 Å². The van der Waals surface area contributed by atoms with Gasteiger partial charge in [0, 0.05) is 6.20 Å². The summed E-state index contributed by atoms with van der Waals surface area (Å²) in [6.45, 7) is 2.26. The van der Waals surface area contributed by atoms with Crippen LogP contribution in [0.1, 0.15) is 29.7 Å². The van der Waals surface area contributed by atoms with E-state index in [1.54, 1.807) is 6.07 Å². The Morgan fingerprint density at radius 3 is 2.62 bits per heavy atom. The molecule has 0 amide bonds. The van der Waals surface area contributed by atoms with Gasteiger partial charge in [0.05, 0.1) is 24.4 Å². The van der Waals surface area contributed by atoms with Crippen molar-refractivity contribution < 1.29 is 17.9 Å². The Kier molecular flexibility index (Phi) is 4.47. The maximum absolute atomic E-state index is 13.0. The molecule has 0 saturated heterocycles. The van der Waals surface area contributed by atoms with Gasteiger partial charge in [0.1, 0.15) is 5.75 Å². The number of benzene rings is 1. The zero-order chi connectivity index (χ0) is 15.5. The number of hydrogen-bond donors (Lipinski definition) is 1. The van der Waals surface area contributed by atoms with Crippen LogP contribution >= 0.6 is 0 Å². The number of halogens is 3. The molecule has 0 aliphatic heterocycles. The summed E-state index contributed by atoms with van der Waals surface area (Å²) in [6.07, 6.45) is -1.51. The molecule has 1 heterocycles. The molecule has 2 N–H and O–H groups in total. The molecule has 3 nitrogen and oxygen atoms in total. The molecule has 21 heavy (non-hydrogen) atoms. The second kappa shape index (κ2) is 6.13. The van der Waals surface area contributed by atoms with Gasteiger partial charge in [-0.25, -0.2) is 0 Å². The smallest absolute Gasteiger partial charge is 0.416 e. The fourth-order valence-electron chi connectivity index (χ4n) is 2.06. The third kappa shape index (κ3) is 3.52. The summed E-state index contributed by atoms with van der Waals surface area (Å²) in [5.74, 6) is 0.481. The van der Waals surface area contributed by atoms with Crippen LogP contribution in [-0.2, 0) is 6.18 Å². The van der Waals surface area contributed by atoms with E-state index in [0.29, 0.717) is 17.9 Å². The topological polar surface area (TPSA) is 48.1 Å². The van der Waals surface area contributed by atoms with E-state index in [9.17, 15) is 13.2 Å². The summed E-state index contributed by atoms with van der Waals surface area (Å²) >= 11 is 0. The van der Waals surface area contributed by atoms with Gasteiger partial charge in [-0.3, -0.25) is 4.98 Å². The van der Waals surface area contributed by atoms with Gasteiger partial charge in [-0.15, -0.1) is 0 Å². The largest absolute Gasteiger partial charge is 0.492 e. The summed E-state index contributed by atoms with van der Waals surface area (Å²) in [6, 6.07) is 5.96. The maximum atomic E-state index is 13.0. The van der Waals surface area contributed by atoms with E-state index >= 15 is 0 Å². The highest BCUT2D eigenvalue weighted by atomic mass is 19.4. The lowest BCUT2D eigenvalue weighted by Crippen LogP contribution is -2.18. The fourth-order valence-corrected chi connectivity index (χ4v) is 2.06. The number of rotatable bonds is 4. The summed E-state index contributed by atoms with van der Waals surface area (Å²) in [5, 5.41) is 0. The number of aromatic nitrogens is 1. The highest BCUT2D eigenvalue weighted by molar-refractivity contribution is 5.39. The lowest BCUT2D eigenvalue weighted by atomic mass is 9.96. The second-order valence-electron chi connectivity index (χ2n) is 4.45. The average molecular weight is 296 g/mol. The van der Waals surface area contributed by atoms with E-state index in [1.165, 1.54) is 30.6 Å². The molecule has 1 aromatic heterocycles. The van der Waals surface area contributed by atoms with Crippen molar-refractivity contribution in [2.24, 2.45) is 5.73 Å². The van der Waals surface area contributed by atoms with Crippen molar-refractivity contribution >= 4 is 0 Å². The number of nitrogens with two attached hydrogens (primary N) is 1. The van der Waals surface area contributed by atoms with Crippen LogP contribution in [-0.4, -0.2) is 11.6 Å². The molecule has 2 rings (SSSR count). The fraction of sp³-hybridized carbons (Fsp3) is 0.267. The van der Waals surface area contributed by atoms with Gasteiger partial charge in [0.25, 0.3) is 0 Å². The molecule has 2 aromatic rings. The molecule has 1 aromatic carbocycles. The molecule has 0 saturated carbocycles. The molecule has 0 aliphatic rings. The molecule has 1 unspecified atom stereocenters. The first-order chi connectivity index (χ1) is 9.93. The van der Waals surface area contributed by atoms with Crippen LogP contribution in [0.5, 0.6) is 5.75 Å². The Hall–Kier alpha value is -2.08. The number of pyridine rings is 1. The van der Waals surface area contributed by atoms with Gasteiger partial charge in [-0.2, -0.15) is 13.2 Å². The quantitative estimate of drug-likeness (QED) is 0.938. The van der Waals surface area contributed by atoms with Crippen LogP contribution < -0.4 is 10.5 Å². The highest BCUT2D eigenvalue weighted by Gasteiger charge is 2.34. The molecular formula is C15H15F3N2O. The first-order valence-corrected chi connectivity index (χ1v) is 6.43. The normalized spacial score (nSPS) is 13.0. The highest BCUT2D eigenvalue weighted by Crippen LogP contribution is 2.35. The van der Waals surface area contributed by atoms with Crippen molar-refractivity contribution in [1.82, 2.24) is 4.98 Å². The Labute approximate surface area is 120 Å². The summed E-state index contributed by atoms with van der Waals surface area (Å²) in [4.78, 5) is 3.96. The van der Waals surface area contributed by atoms with Crippen molar-refractivity contribution in [3.8, 4) is 5.75 Å². The Morgan fingerprint density at radius 2 is 1.95 bits per heavy atom. The number of hydrogen-bond acceptors (Lipinski definition) is 3. The van der Waals surface area contributed by atoms with E-state index in [2.05, 4.69) is 4.98 Å². The first kappa shape index (κ1) is 15.3. The van der Waals surface area contributed by atoms with Crippen LogP contribution in [0.2, 0.25) is 0 Å². The lowest BCUT2D eigenvalue weighted by molar-refractivity contribution is -0.138. The summed E-state index contributed by atoms with van der Waals surface area (Å²) in [7, 11) is 0. The van der Waals surface area contributed by atoms with E-state index in [4.69, 9.17) is 10.5 Å². The third-order valence-corrected chi connectivity index (χ3v) is 3.01. The lowest BCUT2D eigenvalue weighted by Gasteiger charge is -2.18. The molecular weight excluding hydrogens is 281 g/mol. The monoisotopic (exact) mass is 296 g/mol.